The van der Waals surface area contributed by atoms with Crippen molar-refractivity contribution >= 4 is 52.2 Å². The third kappa shape index (κ3) is 4.14. The van der Waals surface area contributed by atoms with Gasteiger partial charge in [-0.2, -0.15) is 0 Å². The number of fused-ring (bicyclic) bond motifs is 3. The third-order valence-electron chi connectivity index (χ3n) is 6.14. The lowest BCUT2D eigenvalue weighted by atomic mass is 10.1. The summed E-state index contributed by atoms with van der Waals surface area (Å²) in [5, 5.41) is 2.80. The van der Waals surface area contributed by atoms with Gasteiger partial charge < -0.3 is 19.7 Å². The molecule has 33 heavy (non-hydrogen) atoms. The fraction of sp³-hybridized carbons (Fsp3) is 0.409. The van der Waals surface area contributed by atoms with Crippen molar-refractivity contribution in [2.45, 2.75) is 19.1 Å². The number of thiophene rings is 1. The topological polar surface area (TPSA) is 91.4 Å². The molecule has 2 aromatic rings. The molecule has 2 atom stereocenters. The van der Waals surface area contributed by atoms with Gasteiger partial charge in [-0.3, -0.25) is 19.4 Å². The Morgan fingerprint density at radius 3 is 2.82 bits per heavy atom. The number of amides is 3. The lowest BCUT2D eigenvalue weighted by Gasteiger charge is -2.35. The summed E-state index contributed by atoms with van der Waals surface area (Å²) in [5.74, 6) is 0.306. The number of likely N-dealkylation sites (N-methyl/N-ethyl adjacent to an activating group) is 1. The SMILES string of the molecule is CCN1CCN(c2ccc3c(c2)OC[C@H]2[C@H](CNC(=O)c4ccc(Cl)s4)OC(=O)N32)C(=O)C1. The number of cyclic esters (lactones) is 1. The summed E-state index contributed by atoms with van der Waals surface area (Å²) in [5.41, 5.74) is 1.34. The molecule has 0 unspecified atom stereocenters. The first kappa shape index (κ1) is 22.0. The van der Waals surface area contributed by atoms with E-state index in [0.29, 0.717) is 33.7 Å². The van der Waals surface area contributed by atoms with Crippen LogP contribution in [0.15, 0.2) is 30.3 Å². The largest absolute Gasteiger partial charge is 0.489 e. The summed E-state index contributed by atoms with van der Waals surface area (Å²) in [6.45, 7) is 5.08. The van der Waals surface area contributed by atoms with Gasteiger partial charge in [0.1, 0.15) is 24.5 Å². The van der Waals surface area contributed by atoms with Gasteiger partial charge in [0.25, 0.3) is 5.91 Å². The number of anilines is 2. The van der Waals surface area contributed by atoms with Crippen molar-refractivity contribution in [3.05, 3.63) is 39.5 Å². The van der Waals surface area contributed by atoms with Gasteiger partial charge in [-0.15, -0.1) is 11.3 Å². The molecule has 9 nitrogen and oxygen atoms in total. The number of benzene rings is 1. The standard InChI is InChI=1S/C22H23ClN4O5S/c1-2-25-7-8-26(20(28)11-25)13-3-4-14-16(9-13)31-12-15-17(32-22(30)27(14)15)10-24-21(29)18-5-6-19(23)33-18/h3-6,9,15,17H,2,7-8,10-12H2,1H3,(H,24,29)/t15-,17-/m0/s1. The van der Waals surface area contributed by atoms with Crippen LogP contribution in [0.4, 0.5) is 16.2 Å². The molecule has 2 fully saturated rings. The number of piperazine rings is 1. The highest BCUT2D eigenvalue weighted by Crippen LogP contribution is 2.41. The molecule has 0 spiro atoms. The number of rotatable bonds is 5. The van der Waals surface area contributed by atoms with Crippen molar-refractivity contribution in [3.8, 4) is 5.75 Å². The Kier molecular flexibility index (Phi) is 5.90. The fourth-order valence-electron chi connectivity index (χ4n) is 4.35. The van der Waals surface area contributed by atoms with Gasteiger partial charge in [-0.1, -0.05) is 18.5 Å². The Labute approximate surface area is 199 Å². The molecule has 5 rings (SSSR count). The lowest BCUT2D eigenvalue weighted by Crippen LogP contribution is -2.50. The van der Waals surface area contributed by atoms with Crippen LogP contribution in [0.1, 0.15) is 16.6 Å². The Morgan fingerprint density at radius 2 is 2.09 bits per heavy atom. The summed E-state index contributed by atoms with van der Waals surface area (Å²) >= 11 is 7.08. The molecule has 3 aliphatic rings. The summed E-state index contributed by atoms with van der Waals surface area (Å²) in [6, 6.07) is 8.36. The summed E-state index contributed by atoms with van der Waals surface area (Å²) in [6.07, 6.45) is -1.03. The van der Waals surface area contributed by atoms with Crippen LogP contribution < -0.4 is 19.9 Å². The Hall–Kier alpha value is -2.82. The van der Waals surface area contributed by atoms with Crippen molar-refractivity contribution in [1.29, 1.82) is 0 Å². The van der Waals surface area contributed by atoms with Gasteiger partial charge in [-0.05, 0) is 30.8 Å². The molecule has 0 aliphatic carbocycles. The van der Waals surface area contributed by atoms with E-state index < -0.39 is 12.2 Å². The molecule has 11 heteroatoms. The van der Waals surface area contributed by atoms with E-state index >= 15 is 0 Å². The van der Waals surface area contributed by atoms with Crippen molar-refractivity contribution < 1.29 is 23.9 Å². The highest BCUT2D eigenvalue weighted by atomic mass is 35.5. The van der Waals surface area contributed by atoms with Gasteiger partial charge in [-0.25, -0.2) is 4.79 Å². The number of hydrogen-bond donors (Lipinski definition) is 1. The molecular weight excluding hydrogens is 468 g/mol. The van der Waals surface area contributed by atoms with E-state index in [9.17, 15) is 14.4 Å². The second-order valence-electron chi connectivity index (χ2n) is 8.05. The number of nitrogens with one attached hydrogen (secondary N) is 1. The zero-order chi connectivity index (χ0) is 23.1. The van der Waals surface area contributed by atoms with Crippen LogP contribution in [0.5, 0.6) is 5.75 Å². The van der Waals surface area contributed by atoms with Crippen LogP contribution in [-0.4, -0.2) is 74.3 Å². The third-order valence-corrected chi connectivity index (χ3v) is 7.37. The molecule has 3 amide bonds. The minimum Gasteiger partial charge on any atom is -0.489 e. The fourth-order valence-corrected chi connectivity index (χ4v) is 5.30. The number of ether oxygens (including phenoxy) is 2. The van der Waals surface area contributed by atoms with Crippen LogP contribution in [0.3, 0.4) is 0 Å². The van der Waals surface area contributed by atoms with Gasteiger partial charge in [0, 0.05) is 24.8 Å². The second-order valence-corrected chi connectivity index (χ2v) is 9.77. The highest BCUT2D eigenvalue weighted by Gasteiger charge is 2.46. The molecule has 2 saturated heterocycles. The molecule has 1 N–H and O–H groups in total. The zero-order valence-electron chi connectivity index (χ0n) is 18.0. The van der Waals surface area contributed by atoms with Crippen LogP contribution in [0.25, 0.3) is 0 Å². The Bertz CT molecular complexity index is 1110. The lowest BCUT2D eigenvalue weighted by molar-refractivity contribution is -0.121. The Balaban J connectivity index is 1.28. The summed E-state index contributed by atoms with van der Waals surface area (Å²) in [4.78, 5) is 43.5. The van der Waals surface area contributed by atoms with Crippen molar-refractivity contribution in [3.63, 3.8) is 0 Å². The number of halogens is 1. The average Bonchev–Trinajstić information content (AvgIpc) is 3.40. The first-order valence-electron chi connectivity index (χ1n) is 10.8. The summed E-state index contributed by atoms with van der Waals surface area (Å²) in [7, 11) is 0. The van der Waals surface area contributed by atoms with E-state index in [-0.39, 0.29) is 31.0 Å². The molecule has 0 radical (unpaired) electrons. The maximum atomic E-state index is 12.7. The van der Waals surface area contributed by atoms with Gasteiger partial charge in [0.05, 0.1) is 28.0 Å². The number of hydrogen-bond acceptors (Lipinski definition) is 7. The predicted octanol–water partition coefficient (Wildman–Crippen LogP) is 2.59. The van der Waals surface area contributed by atoms with E-state index in [2.05, 4.69) is 10.2 Å². The normalized spacial score (nSPS) is 22.5. The molecule has 1 aromatic heterocycles. The molecular formula is C22H23ClN4O5S. The van der Waals surface area contributed by atoms with E-state index in [1.54, 1.807) is 34.1 Å². The van der Waals surface area contributed by atoms with Crippen molar-refractivity contribution in [2.75, 3.05) is 49.1 Å². The van der Waals surface area contributed by atoms with Crippen LogP contribution >= 0.6 is 22.9 Å². The van der Waals surface area contributed by atoms with Crippen LogP contribution in [-0.2, 0) is 9.53 Å². The van der Waals surface area contributed by atoms with E-state index in [1.165, 1.54) is 11.3 Å². The molecule has 3 aliphatic heterocycles. The first-order chi connectivity index (χ1) is 15.9. The van der Waals surface area contributed by atoms with Gasteiger partial charge in [0.2, 0.25) is 5.91 Å². The molecule has 174 valence electrons. The monoisotopic (exact) mass is 490 g/mol. The average molecular weight is 491 g/mol. The Morgan fingerprint density at radius 1 is 1.24 bits per heavy atom. The minimum atomic E-state index is -0.548. The maximum Gasteiger partial charge on any atom is 0.415 e. The minimum absolute atomic E-state index is 0.0418. The first-order valence-corrected chi connectivity index (χ1v) is 12.0. The maximum absolute atomic E-state index is 12.7. The van der Waals surface area contributed by atoms with E-state index in [1.807, 2.05) is 13.0 Å². The molecule has 0 bridgehead atoms. The predicted molar refractivity (Wildman–Crippen MR) is 125 cm³/mol. The van der Waals surface area contributed by atoms with Crippen molar-refractivity contribution in [2.24, 2.45) is 0 Å². The zero-order valence-corrected chi connectivity index (χ0v) is 19.5. The highest BCUT2D eigenvalue weighted by molar-refractivity contribution is 7.18. The number of carbonyl (C=O) groups excluding carboxylic acids is 3. The van der Waals surface area contributed by atoms with E-state index in [4.69, 9.17) is 21.1 Å². The molecule has 4 heterocycles. The molecule has 1 aromatic carbocycles. The van der Waals surface area contributed by atoms with Crippen molar-refractivity contribution in [1.82, 2.24) is 10.2 Å². The van der Waals surface area contributed by atoms with Crippen LogP contribution in [0.2, 0.25) is 4.34 Å². The van der Waals surface area contributed by atoms with E-state index in [0.717, 1.165) is 18.8 Å². The van der Waals surface area contributed by atoms with Gasteiger partial charge in [0.15, 0.2) is 0 Å². The number of carbonyl (C=O) groups is 3. The smallest absolute Gasteiger partial charge is 0.415 e. The van der Waals surface area contributed by atoms with Crippen LogP contribution in [0, 0.1) is 0 Å². The van der Waals surface area contributed by atoms with Gasteiger partial charge >= 0.3 is 6.09 Å². The summed E-state index contributed by atoms with van der Waals surface area (Å²) < 4.78 is 12.0. The second kappa shape index (κ2) is 8.85. The quantitative estimate of drug-likeness (QED) is 0.692. The number of nitrogens with zero attached hydrogens (tertiary/aromatic N) is 3. The molecule has 0 saturated carbocycles.